The fraction of sp³-hybridized carbons (Fsp3) is 0.241. The Morgan fingerprint density at radius 1 is 1.00 bits per heavy atom. The zero-order valence-corrected chi connectivity index (χ0v) is 19.5. The molecule has 1 N–H and O–H groups in total. The van der Waals surface area contributed by atoms with Gasteiger partial charge < -0.3 is 9.84 Å². The van der Waals surface area contributed by atoms with Gasteiger partial charge in [-0.1, -0.05) is 68.5 Å². The summed E-state index contributed by atoms with van der Waals surface area (Å²) in [5.74, 6) is 0.165. The number of aromatic hydroxyl groups is 1. The molecule has 0 radical (unpaired) electrons. The molecule has 0 aliphatic heterocycles. The minimum Gasteiger partial charge on any atom is -0.507 e. The summed E-state index contributed by atoms with van der Waals surface area (Å²) < 4.78 is 4.75. The molecule has 1 unspecified atom stereocenters. The van der Waals surface area contributed by atoms with Crippen molar-refractivity contribution in [2.24, 2.45) is 5.92 Å². The molecule has 0 bridgehead atoms. The van der Waals surface area contributed by atoms with Crippen molar-refractivity contribution in [2.75, 3.05) is 7.11 Å². The minimum absolute atomic E-state index is 0.243. The summed E-state index contributed by atoms with van der Waals surface area (Å²) in [6.45, 7) is 4.00. The number of carbonyl (C=O) groups excluding carboxylic acids is 1. The number of benzene rings is 3. The smallest absolute Gasteiger partial charge is 0.337 e. The third-order valence-corrected chi connectivity index (χ3v) is 5.24. The lowest BCUT2D eigenvalue weighted by molar-refractivity contribution is 0.0600. The van der Waals surface area contributed by atoms with E-state index < -0.39 is 0 Å². The monoisotopic (exact) mass is 441 g/mol. The summed E-state index contributed by atoms with van der Waals surface area (Å²) in [6.07, 6.45) is 6.69. The zero-order chi connectivity index (χ0) is 24.1. The van der Waals surface area contributed by atoms with Crippen LogP contribution in [0, 0.1) is 17.2 Å². The van der Waals surface area contributed by atoms with Crippen LogP contribution < -0.4 is 0 Å². The van der Waals surface area contributed by atoms with Crippen LogP contribution in [0.5, 0.6) is 5.75 Å². The fourth-order valence-electron chi connectivity index (χ4n) is 3.43. The van der Waals surface area contributed by atoms with E-state index >= 15 is 0 Å². The van der Waals surface area contributed by atoms with Gasteiger partial charge in [0.2, 0.25) is 0 Å². The first-order valence-corrected chi connectivity index (χ1v) is 11.2. The van der Waals surface area contributed by atoms with Gasteiger partial charge in [0.15, 0.2) is 0 Å². The number of methoxy groups -OCH3 is 1. The number of phenols is 1. The molecule has 0 aliphatic carbocycles. The largest absolute Gasteiger partial charge is 0.507 e. The second kappa shape index (κ2) is 13.5. The van der Waals surface area contributed by atoms with E-state index in [1.54, 1.807) is 24.3 Å². The van der Waals surface area contributed by atoms with Crippen molar-refractivity contribution in [3.8, 4) is 11.8 Å². The SMILES string of the molecule is CC.COC(=O)c1ccc(CCC(/C=C/c2ccccc2O)Cc2ccc(C#N)cc2)cc1. The van der Waals surface area contributed by atoms with Crippen LogP contribution in [-0.2, 0) is 17.6 Å². The number of nitrogens with zero attached hydrogens (tertiary/aromatic N) is 1. The molecule has 0 aromatic heterocycles. The number of aryl methyl sites for hydroxylation is 1. The number of rotatable bonds is 8. The van der Waals surface area contributed by atoms with Crippen molar-refractivity contribution in [3.63, 3.8) is 0 Å². The minimum atomic E-state index is -0.337. The molecule has 0 saturated carbocycles. The van der Waals surface area contributed by atoms with Crippen LogP contribution in [0.25, 0.3) is 6.08 Å². The standard InChI is InChI=1S/C27H25NO3.C2H6/c1-31-27(30)25-16-12-20(13-17-25)6-7-22(14-15-24-4-2-3-5-26(24)29)18-21-8-10-23(19-28)11-9-21;1-2/h2-5,8-17,22,29H,6-7,18H2,1H3;1-2H3/b15-14+;. The van der Waals surface area contributed by atoms with Gasteiger partial charge in [0, 0.05) is 5.56 Å². The van der Waals surface area contributed by atoms with Gasteiger partial charge in [0.25, 0.3) is 0 Å². The molecule has 1 atom stereocenters. The maximum Gasteiger partial charge on any atom is 0.337 e. The molecule has 3 aromatic rings. The van der Waals surface area contributed by atoms with Crippen LogP contribution >= 0.6 is 0 Å². The summed E-state index contributed by atoms with van der Waals surface area (Å²) in [5, 5.41) is 19.1. The molecule has 0 heterocycles. The summed E-state index contributed by atoms with van der Waals surface area (Å²) >= 11 is 0. The van der Waals surface area contributed by atoms with Crippen molar-refractivity contribution in [1.82, 2.24) is 0 Å². The first kappa shape index (κ1) is 25.4. The normalized spacial score (nSPS) is 11.2. The summed E-state index contributed by atoms with van der Waals surface area (Å²) in [6, 6.07) is 24.6. The van der Waals surface area contributed by atoms with Crippen LogP contribution in [0.4, 0.5) is 0 Å². The van der Waals surface area contributed by atoms with Crippen LogP contribution in [0.2, 0.25) is 0 Å². The molecule has 33 heavy (non-hydrogen) atoms. The Kier molecular flexibility index (Phi) is 10.4. The Bertz CT molecular complexity index is 1080. The van der Waals surface area contributed by atoms with Gasteiger partial charge in [-0.25, -0.2) is 4.79 Å². The zero-order valence-electron chi connectivity index (χ0n) is 19.5. The highest BCUT2D eigenvalue weighted by Crippen LogP contribution is 2.22. The molecule has 0 spiro atoms. The van der Waals surface area contributed by atoms with Crippen molar-refractivity contribution in [3.05, 3.63) is 107 Å². The molecule has 0 amide bonds. The van der Waals surface area contributed by atoms with Crippen molar-refractivity contribution in [2.45, 2.75) is 33.1 Å². The molecule has 4 heteroatoms. The van der Waals surface area contributed by atoms with Gasteiger partial charge in [-0.3, -0.25) is 0 Å². The first-order valence-electron chi connectivity index (χ1n) is 11.2. The summed E-state index contributed by atoms with van der Waals surface area (Å²) in [4.78, 5) is 11.6. The van der Waals surface area contributed by atoms with Gasteiger partial charge in [0.05, 0.1) is 24.3 Å². The Balaban J connectivity index is 0.00000187. The fourth-order valence-corrected chi connectivity index (χ4v) is 3.43. The average Bonchev–Trinajstić information content (AvgIpc) is 2.88. The van der Waals surface area contributed by atoms with Crippen LogP contribution in [-0.4, -0.2) is 18.2 Å². The molecule has 0 aliphatic rings. The number of allylic oxidation sites excluding steroid dienone is 1. The lowest BCUT2D eigenvalue weighted by atomic mass is 9.91. The van der Waals surface area contributed by atoms with E-state index in [1.165, 1.54) is 7.11 Å². The maximum absolute atomic E-state index is 11.6. The average molecular weight is 442 g/mol. The second-order valence-electron chi connectivity index (χ2n) is 7.42. The molecule has 3 aromatic carbocycles. The molecule has 4 nitrogen and oxygen atoms in total. The van der Waals surface area contributed by atoms with Gasteiger partial charge in [0.1, 0.15) is 5.75 Å². The lowest BCUT2D eigenvalue weighted by Crippen LogP contribution is -2.05. The van der Waals surface area contributed by atoms with E-state index in [9.17, 15) is 9.90 Å². The number of phenolic OH excluding ortho intramolecular Hbond substituents is 1. The molecule has 0 fully saturated rings. The van der Waals surface area contributed by atoms with Gasteiger partial charge >= 0.3 is 5.97 Å². The number of ether oxygens (including phenoxy) is 1. The van der Waals surface area contributed by atoms with E-state index in [0.29, 0.717) is 11.1 Å². The number of hydrogen-bond acceptors (Lipinski definition) is 4. The van der Waals surface area contributed by atoms with Crippen LogP contribution in [0.3, 0.4) is 0 Å². The number of para-hydroxylation sites is 1. The molecule has 0 saturated heterocycles. The lowest BCUT2D eigenvalue weighted by Gasteiger charge is -2.14. The van der Waals surface area contributed by atoms with Crippen LogP contribution in [0.15, 0.2) is 78.9 Å². The molecule has 170 valence electrons. The predicted molar refractivity (Wildman–Crippen MR) is 133 cm³/mol. The van der Waals surface area contributed by atoms with E-state index in [0.717, 1.165) is 36.0 Å². The van der Waals surface area contributed by atoms with Gasteiger partial charge in [-0.2, -0.15) is 5.26 Å². The highest BCUT2D eigenvalue weighted by molar-refractivity contribution is 5.89. The van der Waals surface area contributed by atoms with E-state index in [2.05, 4.69) is 12.1 Å². The second-order valence-corrected chi connectivity index (χ2v) is 7.42. The van der Waals surface area contributed by atoms with Crippen LogP contribution in [0.1, 0.15) is 52.9 Å². The van der Waals surface area contributed by atoms with Gasteiger partial charge in [-0.05, 0) is 66.6 Å². The first-order chi connectivity index (χ1) is 16.1. The Morgan fingerprint density at radius 2 is 1.64 bits per heavy atom. The highest BCUT2D eigenvalue weighted by atomic mass is 16.5. The van der Waals surface area contributed by atoms with E-state index in [4.69, 9.17) is 10.00 Å². The van der Waals surface area contributed by atoms with Crippen molar-refractivity contribution < 1.29 is 14.6 Å². The quantitative estimate of drug-likeness (QED) is 0.401. The molecular formula is C29H31NO3. The highest BCUT2D eigenvalue weighted by Gasteiger charge is 2.10. The van der Waals surface area contributed by atoms with E-state index in [1.807, 2.05) is 68.5 Å². The summed E-state index contributed by atoms with van der Waals surface area (Å²) in [7, 11) is 1.38. The van der Waals surface area contributed by atoms with Crippen molar-refractivity contribution >= 4 is 12.0 Å². The Morgan fingerprint density at radius 3 is 2.24 bits per heavy atom. The predicted octanol–water partition coefficient (Wildman–Crippen LogP) is 6.58. The summed E-state index contributed by atoms with van der Waals surface area (Å²) in [5.41, 5.74) is 4.28. The topological polar surface area (TPSA) is 70.3 Å². The number of hydrogen-bond donors (Lipinski definition) is 1. The molecular weight excluding hydrogens is 410 g/mol. The molecule has 3 rings (SSSR count). The number of esters is 1. The van der Waals surface area contributed by atoms with E-state index in [-0.39, 0.29) is 17.6 Å². The maximum atomic E-state index is 11.6. The number of nitriles is 1. The third kappa shape index (κ3) is 7.97. The number of carbonyl (C=O) groups is 1. The van der Waals surface area contributed by atoms with Crippen molar-refractivity contribution in [1.29, 1.82) is 5.26 Å². The Hall–Kier alpha value is -3.84. The Labute approximate surface area is 196 Å². The third-order valence-electron chi connectivity index (χ3n) is 5.24. The van der Waals surface area contributed by atoms with Gasteiger partial charge in [-0.15, -0.1) is 0 Å².